The van der Waals surface area contributed by atoms with E-state index in [-0.39, 0.29) is 36.2 Å². The van der Waals surface area contributed by atoms with E-state index in [1.807, 2.05) is 0 Å². The molecule has 3 rings (SSSR count). The number of aryl methyl sites for hydroxylation is 1. The molecule has 6 nitrogen and oxygen atoms in total. The van der Waals surface area contributed by atoms with Gasteiger partial charge in [-0.15, -0.1) is 0 Å². The number of nitrogens with zero attached hydrogens (tertiary/aromatic N) is 3. The summed E-state index contributed by atoms with van der Waals surface area (Å²) in [5.41, 5.74) is -0.217. The minimum absolute atomic E-state index is 0.0519. The third-order valence-electron chi connectivity index (χ3n) is 4.28. The average molecular weight is 379 g/mol. The summed E-state index contributed by atoms with van der Waals surface area (Å²) in [6.07, 6.45) is -3.17. The maximum absolute atomic E-state index is 13.1. The molecule has 2 aromatic rings. The molecule has 0 saturated carbocycles. The van der Waals surface area contributed by atoms with Gasteiger partial charge in [0.15, 0.2) is 0 Å². The summed E-state index contributed by atoms with van der Waals surface area (Å²) in [4.78, 5) is 29.7. The van der Waals surface area contributed by atoms with Crippen LogP contribution in [-0.2, 0) is 17.6 Å². The van der Waals surface area contributed by atoms with Crippen molar-refractivity contribution in [3.63, 3.8) is 0 Å². The van der Waals surface area contributed by atoms with Gasteiger partial charge < -0.3 is 4.74 Å². The van der Waals surface area contributed by atoms with Gasteiger partial charge in [-0.25, -0.2) is 9.78 Å². The Labute approximate surface area is 153 Å². The number of hydrogen-bond donors (Lipinski definition) is 0. The van der Waals surface area contributed by atoms with Crippen LogP contribution >= 0.6 is 0 Å². The highest BCUT2D eigenvalue weighted by Gasteiger charge is 2.35. The van der Waals surface area contributed by atoms with Crippen LogP contribution in [0.1, 0.15) is 16.7 Å². The van der Waals surface area contributed by atoms with Crippen LogP contribution in [-0.4, -0.2) is 35.4 Å². The Morgan fingerprint density at radius 2 is 1.93 bits per heavy atom. The molecule has 1 fully saturated rings. The van der Waals surface area contributed by atoms with Gasteiger partial charge in [0.05, 0.1) is 11.8 Å². The number of amides is 3. The largest absolute Gasteiger partial charge is 0.487 e. The molecule has 1 aromatic heterocycles. The fraction of sp³-hybridized carbons (Fsp3) is 0.278. The molecular formula is C18H16F3N3O3. The van der Waals surface area contributed by atoms with Gasteiger partial charge in [0.25, 0.3) is 5.91 Å². The van der Waals surface area contributed by atoms with E-state index in [4.69, 9.17) is 4.74 Å². The third-order valence-corrected chi connectivity index (χ3v) is 4.28. The quantitative estimate of drug-likeness (QED) is 0.764. The van der Waals surface area contributed by atoms with Gasteiger partial charge in [-0.3, -0.25) is 14.6 Å². The van der Waals surface area contributed by atoms with Gasteiger partial charge in [-0.2, -0.15) is 13.2 Å². The maximum atomic E-state index is 13.1. The van der Waals surface area contributed by atoms with E-state index in [1.54, 1.807) is 13.0 Å². The molecule has 0 spiro atoms. The van der Waals surface area contributed by atoms with Crippen molar-refractivity contribution in [1.29, 1.82) is 0 Å². The van der Waals surface area contributed by atoms with Crippen molar-refractivity contribution in [2.45, 2.75) is 19.7 Å². The second-order valence-corrected chi connectivity index (χ2v) is 6.06. The molecular weight excluding hydrogens is 363 g/mol. The Morgan fingerprint density at radius 3 is 2.48 bits per heavy atom. The monoisotopic (exact) mass is 379 g/mol. The zero-order chi connectivity index (χ0) is 19.8. The van der Waals surface area contributed by atoms with Gasteiger partial charge in [0, 0.05) is 12.6 Å². The summed E-state index contributed by atoms with van der Waals surface area (Å²) in [6, 6.07) is 6.42. The normalized spacial score (nSPS) is 14.9. The predicted molar refractivity (Wildman–Crippen MR) is 90.3 cm³/mol. The topological polar surface area (TPSA) is 62.7 Å². The molecule has 142 valence electrons. The van der Waals surface area contributed by atoms with E-state index >= 15 is 0 Å². The Bertz CT molecular complexity index is 882. The molecule has 1 aliphatic rings. The molecule has 0 aliphatic carbocycles. The summed E-state index contributed by atoms with van der Waals surface area (Å²) >= 11 is 0. The number of halogens is 3. The van der Waals surface area contributed by atoms with Crippen LogP contribution in [0.2, 0.25) is 0 Å². The number of ether oxygens (including phenoxy) is 1. The standard InChI is InChI=1S/C18H16F3N3O3/c1-11-4-3-5-14(18(19,20)21)13(11)10-27-12-6-7-15(22-8-12)24-9-16(25)23(2)17(24)26/h3-8H,9-10H2,1-2H3. The van der Waals surface area contributed by atoms with Crippen molar-refractivity contribution in [3.05, 3.63) is 53.2 Å². The van der Waals surface area contributed by atoms with Crippen molar-refractivity contribution in [3.8, 4) is 5.75 Å². The number of carbonyl (C=O) groups excluding carboxylic acids is 2. The number of urea groups is 1. The number of alkyl halides is 3. The fourth-order valence-electron chi connectivity index (χ4n) is 2.71. The Balaban J connectivity index is 1.74. The zero-order valence-electron chi connectivity index (χ0n) is 14.6. The molecule has 2 heterocycles. The lowest BCUT2D eigenvalue weighted by atomic mass is 10.0. The van der Waals surface area contributed by atoms with Crippen molar-refractivity contribution in [1.82, 2.24) is 9.88 Å². The number of rotatable bonds is 4. The van der Waals surface area contributed by atoms with Crippen LogP contribution in [0.15, 0.2) is 36.5 Å². The predicted octanol–water partition coefficient (Wildman–Crippen LogP) is 3.39. The van der Waals surface area contributed by atoms with Crippen molar-refractivity contribution in [2.75, 3.05) is 18.5 Å². The number of pyridine rings is 1. The van der Waals surface area contributed by atoms with E-state index in [1.165, 1.54) is 36.3 Å². The minimum atomic E-state index is -4.47. The van der Waals surface area contributed by atoms with Crippen LogP contribution in [0, 0.1) is 6.92 Å². The molecule has 0 unspecified atom stereocenters. The first kappa shape index (κ1) is 18.7. The Hall–Kier alpha value is -3.10. The van der Waals surface area contributed by atoms with Gasteiger partial charge in [-0.1, -0.05) is 12.1 Å². The summed E-state index contributed by atoms with van der Waals surface area (Å²) in [7, 11) is 1.38. The van der Waals surface area contributed by atoms with E-state index < -0.39 is 17.8 Å². The third kappa shape index (κ3) is 3.71. The first-order valence-electron chi connectivity index (χ1n) is 8.01. The number of likely N-dealkylation sites (N-methyl/N-ethyl adjacent to an activating group) is 1. The van der Waals surface area contributed by atoms with Crippen LogP contribution in [0.5, 0.6) is 5.75 Å². The van der Waals surface area contributed by atoms with Crippen LogP contribution < -0.4 is 9.64 Å². The van der Waals surface area contributed by atoms with E-state index in [0.29, 0.717) is 5.56 Å². The molecule has 0 bridgehead atoms. The van der Waals surface area contributed by atoms with E-state index in [0.717, 1.165) is 11.0 Å². The molecule has 3 amide bonds. The lowest BCUT2D eigenvalue weighted by molar-refractivity contribution is -0.138. The Kier molecular flexibility index (Phi) is 4.77. The molecule has 0 N–H and O–H groups in total. The summed E-state index contributed by atoms with van der Waals surface area (Å²) in [5, 5.41) is 0. The van der Waals surface area contributed by atoms with Gasteiger partial charge in [-0.05, 0) is 30.7 Å². The fourth-order valence-corrected chi connectivity index (χ4v) is 2.71. The molecule has 27 heavy (non-hydrogen) atoms. The van der Waals surface area contributed by atoms with Gasteiger partial charge >= 0.3 is 12.2 Å². The number of aromatic nitrogens is 1. The van der Waals surface area contributed by atoms with Crippen LogP contribution in [0.3, 0.4) is 0 Å². The first-order chi connectivity index (χ1) is 12.7. The average Bonchev–Trinajstić information content (AvgIpc) is 2.87. The molecule has 9 heteroatoms. The smallest absolute Gasteiger partial charge is 0.416 e. The van der Waals surface area contributed by atoms with Crippen LogP contribution in [0.4, 0.5) is 23.8 Å². The van der Waals surface area contributed by atoms with E-state index in [9.17, 15) is 22.8 Å². The van der Waals surface area contributed by atoms with E-state index in [2.05, 4.69) is 4.98 Å². The van der Waals surface area contributed by atoms with Crippen molar-refractivity contribution in [2.24, 2.45) is 0 Å². The molecule has 1 saturated heterocycles. The summed E-state index contributed by atoms with van der Waals surface area (Å²) in [5.74, 6) is 0.166. The second kappa shape index (κ2) is 6.90. The second-order valence-electron chi connectivity index (χ2n) is 6.06. The number of benzene rings is 1. The highest BCUT2D eigenvalue weighted by atomic mass is 19.4. The molecule has 0 radical (unpaired) electrons. The first-order valence-corrected chi connectivity index (χ1v) is 8.01. The lowest BCUT2D eigenvalue weighted by Crippen LogP contribution is -2.30. The highest BCUT2D eigenvalue weighted by Crippen LogP contribution is 2.34. The number of anilines is 1. The van der Waals surface area contributed by atoms with Crippen LogP contribution in [0.25, 0.3) is 0 Å². The maximum Gasteiger partial charge on any atom is 0.416 e. The van der Waals surface area contributed by atoms with Crippen molar-refractivity contribution >= 4 is 17.8 Å². The minimum Gasteiger partial charge on any atom is -0.487 e. The summed E-state index contributed by atoms with van der Waals surface area (Å²) in [6.45, 7) is 1.20. The summed E-state index contributed by atoms with van der Waals surface area (Å²) < 4.78 is 44.9. The number of carbonyl (C=O) groups is 2. The lowest BCUT2D eigenvalue weighted by Gasteiger charge is -2.16. The number of imide groups is 1. The highest BCUT2D eigenvalue weighted by molar-refractivity contribution is 6.11. The number of hydrogen-bond acceptors (Lipinski definition) is 4. The van der Waals surface area contributed by atoms with Gasteiger partial charge in [0.1, 0.15) is 24.7 Å². The van der Waals surface area contributed by atoms with Gasteiger partial charge in [0.2, 0.25) is 0 Å². The molecule has 1 aliphatic heterocycles. The molecule has 1 aromatic carbocycles. The zero-order valence-corrected chi connectivity index (χ0v) is 14.6. The Morgan fingerprint density at radius 1 is 1.19 bits per heavy atom. The molecule has 0 atom stereocenters. The SMILES string of the molecule is Cc1cccc(C(F)(F)F)c1COc1ccc(N2CC(=O)N(C)C2=O)nc1. The van der Waals surface area contributed by atoms with Crippen molar-refractivity contribution < 1.29 is 27.5 Å².